The Morgan fingerprint density at radius 1 is 0.938 bits per heavy atom. The SMILES string of the molecule is CCC(=NOCc1ccc(NC(=O)NC(=O)c2ccccc2Cl)cc1)c1ccc(Cl)cc1. The first kappa shape index (κ1) is 23.3. The molecule has 0 fully saturated rings. The number of halogens is 2. The predicted molar refractivity (Wildman–Crippen MR) is 127 cm³/mol. The quantitative estimate of drug-likeness (QED) is 0.315. The number of benzene rings is 3. The predicted octanol–water partition coefficient (Wildman–Crippen LogP) is 6.29. The molecule has 0 aromatic heterocycles. The van der Waals surface area contributed by atoms with Crippen molar-refractivity contribution in [2.24, 2.45) is 5.16 Å². The third kappa shape index (κ3) is 6.57. The van der Waals surface area contributed by atoms with Gasteiger partial charge in [-0.15, -0.1) is 0 Å². The van der Waals surface area contributed by atoms with Gasteiger partial charge in [-0.25, -0.2) is 4.79 Å². The Morgan fingerprint density at radius 2 is 1.62 bits per heavy atom. The van der Waals surface area contributed by atoms with Crippen molar-refractivity contribution < 1.29 is 14.4 Å². The van der Waals surface area contributed by atoms with Crippen LogP contribution < -0.4 is 10.6 Å². The van der Waals surface area contributed by atoms with Gasteiger partial charge in [-0.05, 0) is 53.9 Å². The van der Waals surface area contributed by atoms with E-state index in [1.807, 2.05) is 31.2 Å². The summed E-state index contributed by atoms with van der Waals surface area (Å²) in [5.74, 6) is -0.580. The molecule has 3 aromatic rings. The second-order valence-corrected chi connectivity index (χ2v) is 7.60. The maximum absolute atomic E-state index is 12.1. The van der Waals surface area contributed by atoms with E-state index in [0.717, 1.165) is 16.8 Å². The number of oxime groups is 1. The van der Waals surface area contributed by atoms with Crippen molar-refractivity contribution in [1.29, 1.82) is 0 Å². The van der Waals surface area contributed by atoms with Gasteiger partial charge in [0.1, 0.15) is 6.61 Å². The molecule has 0 saturated heterocycles. The number of hydrogen-bond donors (Lipinski definition) is 2. The number of nitrogens with one attached hydrogen (secondary N) is 2. The summed E-state index contributed by atoms with van der Waals surface area (Å²) >= 11 is 11.9. The van der Waals surface area contributed by atoms with Gasteiger partial charge in [-0.2, -0.15) is 0 Å². The lowest BCUT2D eigenvalue weighted by Crippen LogP contribution is -2.34. The molecule has 3 aromatic carbocycles. The van der Waals surface area contributed by atoms with Crippen molar-refractivity contribution >= 4 is 46.5 Å². The Bertz CT molecular complexity index is 1110. The minimum absolute atomic E-state index is 0.224. The van der Waals surface area contributed by atoms with Crippen LogP contribution in [0.25, 0.3) is 0 Å². The van der Waals surface area contributed by atoms with E-state index in [0.29, 0.717) is 17.1 Å². The summed E-state index contributed by atoms with van der Waals surface area (Å²) in [7, 11) is 0. The fraction of sp³-hybridized carbons (Fsp3) is 0.125. The van der Waals surface area contributed by atoms with Crippen LogP contribution in [0.4, 0.5) is 10.5 Å². The lowest BCUT2D eigenvalue weighted by atomic mass is 10.1. The van der Waals surface area contributed by atoms with E-state index in [2.05, 4.69) is 15.8 Å². The largest absolute Gasteiger partial charge is 0.391 e. The monoisotopic (exact) mass is 469 g/mol. The lowest BCUT2D eigenvalue weighted by Gasteiger charge is -2.09. The summed E-state index contributed by atoms with van der Waals surface area (Å²) < 4.78 is 0. The topological polar surface area (TPSA) is 79.8 Å². The summed E-state index contributed by atoms with van der Waals surface area (Å²) in [4.78, 5) is 29.7. The third-order valence-electron chi connectivity index (χ3n) is 4.48. The fourth-order valence-electron chi connectivity index (χ4n) is 2.81. The average molecular weight is 470 g/mol. The first-order chi connectivity index (χ1) is 15.5. The number of imide groups is 1. The highest BCUT2D eigenvalue weighted by Crippen LogP contribution is 2.16. The fourth-order valence-corrected chi connectivity index (χ4v) is 3.16. The molecule has 32 heavy (non-hydrogen) atoms. The Labute approximate surface area is 196 Å². The van der Waals surface area contributed by atoms with Crippen molar-refractivity contribution in [3.63, 3.8) is 0 Å². The number of rotatable bonds is 7. The van der Waals surface area contributed by atoms with Crippen LogP contribution in [0.5, 0.6) is 0 Å². The summed E-state index contributed by atoms with van der Waals surface area (Å²) in [6, 6.07) is 20.3. The molecule has 0 radical (unpaired) electrons. The molecule has 6 nitrogen and oxygen atoms in total. The van der Waals surface area contributed by atoms with Gasteiger partial charge >= 0.3 is 6.03 Å². The minimum Gasteiger partial charge on any atom is -0.391 e. The van der Waals surface area contributed by atoms with Crippen LogP contribution in [0.2, 0.25) is 10.0 Å². The molecule has 0 atom stereocenters. The van der Waals surface area contributed by atoms with Gasteiger partial charge in [0.15, 0.2) is 0 Å². The zero-order chi connectivity index (χ0) is 22.9. The highest BCUT2D eigenvalue weighted by Gasteiger charge is 2.13. The van der Waals surface area contributed by atoms with Crippen LogP contribution in [-0.4, -0.2) is 17.6 Å². The zero-order valence-corrected chi connectivity index (χ0v) is 18.8. The number of urea groups is 1. The summed E-state index contributed by atoms with van der Waals surface area (Å²) in [5.41, 5.74) is 3.39. The first-order valence-corrected chi connectivity index (χ1v) is 10.6. The number of amides is 3. The average Bonchev–Trinajstić information content (AvgIpc) is 2.79. The molecule has 8 heteroatoms. The molecule has 0 aliphatic heterocycles. The Balaban J connectivity index is 1.52. The van der Waals surface area contributed by atoms with E-state index < -0.39 is 11.9 Å². The van der Waals surface area contributed by atoms with Crippen LogP contribution in [0.3, 0.4) is 0 Å². The summed E-state index contributed by atoms with van der Waals surface area (Å²) in [6.07, 6.45) is 0.715. The highest BCUT2D eigenvalue weighted by molar-refractivity contribution is 6.34. The van der Waals surface area contributed by atoms with Gasteiger partial charge in [-0.1, -0.05) is 71.7 Å². The van der Waals surface area contributed by atoms with Gasteiger partial charge < -0.3 is 10.2 Å². The molecule has 0 aliphatic carbocycles. The van der Waals surface area contributed by atoms with E-state index in [4.69, 9.17) is 28.0 Å². The molecule has 3 rings (SSSR count). The van der Waals surface area contributed by atoms with Crippen molar-refractivity contribution in [3.8, 4) is 0 Å². The number of nitrogens with zero attached hydrogens (tertiary/aromatic N) is 1. The van der Waals surface area contributed by atoms with Gasteiger partial charge in [0.05, 0.1) is 16.3 Å². The molecule has 0 saturated carbocycles. The molecular weight excluding hydrogens is 449 g/mol. The minimum atomic E-state index is -0.654. The second-order valence-electron chi connectivity index (χ2n) is 6.76. The summed E-state index contributed by atoms with van der Waals surface area (Å²) in [6.45, 7) is 2.27. The van der Waals surface area contributed by atoms with Gasteiger partial charge in [0, 0.05) is 10.7 Å². The van der Waals surface area contributed by atoms with Crippen LogP contribution >= 0.6 is 23.2 Å². The Morgan fingerprint density at radius 3 is 2.28 bits per heavy atom. The molecule has 164 valence electrons. The van der Waals surface area contributed by atoms with Crippen molar-refractivity contribution in [1.82, 2.24) is 5.32 Å². The van der Waals surface area contributed by atoms with E-state index in [9.17, 15) is 9.59 Å². The molecule has 0 aliphatic rings. The van der Waals surface area contributed by atoms with E-state index >= 15 is 0 Å². The van der Waals surface area contributed by atoms with E-state index in [-0.39, 0.29) is 17.2 Å². The smallest absolute Gasteiger partial charge is 0.326 e. The standard InChI is InChI=1S/C24H21Cl2N3O3/c1-2-22(17-9-11-18(25)12-10-17)29-32-15-16-7-13-19(14-8-16)27-24(31)28-23(30)20-5-3-4-6-21(20)26/h3-14H,2,15H2,1H3,(H2,27,28,30,31). The maximum Gasteiger partial charge on any atom is 0.326 e. The van der Waals surface area contributed by atoms with Gasteiger partial charge in [0.2, 0.25) is 0 Å². The molecule has 0 unspecified atom stereocenters. The number of carbonyl (C=O) groups excluding carboxylic acids is 2. The van der Waals surface area contributed by atoms with E-state index in [1.165, 1.54) is 0 Å². The van der Waals surface area contributed by atoms with E-state index in [1.54, 1.807) is 48.5 Å². The normalized spacial score (nSPS) is 11.0. The Hall–Kier alpha value is -3.35. The second kappa shape index (κ2) is 11.3. The molecule has 0 heterocycles. The highest BCUT2D eigenvalue weighted by atomic mass is 35.5. The van der Waals surface area contributed by atoms with Crippen LogP contribution in [0.1, 0.15) is 34.8 Å². The zero-order valence-electron chi connectivity index (χ0n) is 17.3. The molecule has 2 N–H and O–H groups in total. The number of hydrogen-bond acceptors (Lipinski definition) is 4. The van der Waals surface area contributed by atoms with Gasteiger partial charge in [-0.3, -0.25) is 10.1 Å². The summed E-state index contributed by atoms with van der Waals surface area (Å²) in [5, 5.41) is 10.0. The molecule has 0 bridgehead atoms. The van der Waals surface area contributed by atoms with Crippen LogP contribution in [-0.2, 0) is 11.4 Å². The molecule has 0 spiro atoms. The third-order valence-corrected chi connectivity index (χ3v) is 5.06. The van der Waals surface area contributed by atoms with Crippen molar-refractivity contribution in [2.45, 2.75) is 20.0 Å². The number of carbonyl (C=O) groups is 2. The Kier molecular flexibility index (Phi) is 8.25. The van der Waals surface area contributed by atoms with Gasteiger partial charge in [0.25, 0.3) is 5.91 Å². The maximum atomic E-state index is 12.1. The van der Waals surface area contributed by atoms with Crippen molar-refractivity contribution in [2.75, 3.05) is 5.32 Å². The van der Waals surface area contributed by atoms with Crippen LogP contribution in [0.15, 0.2) is 78.0 Å². The lowest BCUT2D eigenvalue weighted by molar-refractivity contribution is 0.0967. The molecule has 3 amide bonds. The van der Waals surface area contributed by atoms with Crippen molar-refractivity contribution in [3.05, 3.63) is 99.5 Å². The number of anilines is 1. The van der Waals surface area contributed by atoms with Crippen LogP contribution in [0, 0.1) is 0 Å². The first-order valence-electron chi connectivity index (χ1n) is 9.87. The molecular formula is C24H21Cl2N3O3.